The van der Waals surface area contributed by atoms with Crippen molar-refractivity contribution in [2.24, 2.45) is 0 Å². The van der Waals surface area contributed by atoms with Crippen LogP contribution in [0.2, 0.25) is 0 Å². The Hall–Kier alpha value is -2.65. The summed E-state index contributed by atoms with van der Waals surface area (Å²) in [6.07, 6.45) is 1.85. The molecule has 0 radical (unpaired) electrons. The van der Waals surface area contributed by atoms with Crippen molar-refractivity contribution in [2.45, 2.75) is 6.42 Å². The lowest BCUT2D eigenvalue weighted by Gasteiger charge is -2.06. The van der Waals surface area contributed by atoms with Crippen molar-refractivity contribution in [2.75, 3.05) is 19.6 Å². The van der Waals surface area contributed by atoms with Gasteiger partial charge in [-0.05, 0) is 0 Å². The molecule has 0 saturated heterocycles. The molecular weight excluding hydrogens is 256 g/mol. The van der Waals surface area contributed by atoms with E-state index in [1.54, 1.807) is 0 Å². The molecule has 1 heterocycles. The Morgan fingerprint density at radius 3 is 2.63 bits per heavy atom. The zero-order valence-corrected chi connectivity index (χ0v) is 9.97. The number of urea groups is 1. The molecular formula is C9H14N6O4. The van der Waals surface area contributed by atoms with E-state index in [1.165, 1.54) is 6.33 Å². The van der Waals surface area contributed by atoms with Gasteiger partial charge in [-0.3, -0.25) is 14.7 Å². The number of aromatic nitrogens is 3. The number of nitrogens with one attached hydrogen (secondary N) is 4. The number of carboxylic acids is 1. The Bertz CT molecular complexity index is 432. The number of aliphatic carboxylic acids is 1. The van der Waals surface area contributed by atoms with Gasteiger partial charge in [0.25, 0.3) is 0 Å². The van der Waals surface area contributed by atoms with E-state index in [4.69, 9.17) is 5.11 Å². The third-order valence-corrected chi connectivity index (χ3v) is 1.96. The average molecular weight is 270 g/mol. The number of nitrogens with zero attached hydrogens (tertiary/aromatic N) is 2. The maximum atomic E-state index is 11.2. The van der Waals surface area contributed by atoms with E-state index < -0.39 is 24.5 Å². The van der Waals surface area contributed by atoms with Crippen LogP contribution in [0, 0.1) is 0 Å². The van der Waals surface area contributed by atoms with Crippen LogP contribution in [0.3, 0.4) is 0 Å². The highest BCUT2D eigenvalue weighted by atomic mass is 16.4. The van der Waals surface area contributed by atoms with Crippen LogP contribution in [0.1, 0.15) is 5.82 Å². The van der Waals surface area contributed by atoms with Gasteiger partial charge in [0.15, 0.2) is 0 Å². The molecule has 0 aliphatic rings. The van der Waals surface area contributed by atoms with Crippen molar-refractivity contribution in [1.29, 1.82) is 0 Å². The molecule has 1 rings (SSSR count). The number of hydrogen-bond acceptors (Lipinski definition) is 5. The predicted octanol–water partition coefficient (Wildman–Crippen LogP) is -2.15. The minimum atomic E-state index is -1.15. The fraction of sp³-hybridized carbons (Fsp3) is 0.444. The van der Waals surface area contributed by atoms with Gasteiger partial charge in [0, 0.05) is 13.0 Å². The number of H-pyrrole nitrogens is 1. The van der Waals surface area contributed by atoms with Crippen LogP contribution >= 0.6 is 0 Å². The number of carbonyl (C=O) groups is 3. The van der Waals surface area contributed by atoms with E-state index in [9.17, 15) is 14.4 Å². The van der Waals surface area contributed by atoms with Crippen LogP contribution in [0.25, 0.3) is 0 Å². The summed E-state index contributed by atoms with van der Waals surface area (Å²) in [6.45, 7) is -0.438. The van der Waals surface area contributed by atoms with E-state index in [2.05, 4.69) is 31.1 Å². The van der Waals surface area contributed by atoms with Crippen LogP contribution in [0.4, 0.5) is 4.79 Å². The fourth-order valence-corrected chi connectivity index (χ4v) is 1.11. The fourth-order valence-electron chi connectivity index (χ4n) is 1.11. The maximum absolute atomic E-state index is 11.2. The van der Waals surface area contributed by atoms with Gasteiger partial charge in [0.05, 0.1) is 6.54 Å². The van der Waals surface area contributed by atoms with Crippen molar-refractivity contribution in [3.63, 3.8) is 0 Å². The minimum absolute atomic E-state index is 0.290. The molecule has 5 N–H and O–H groups in total. The van der Waals surface area contributed by atoms with E-state index in [0.29, 0.717) is 18.8 Å². The minimum Gasteiger partial charge on any atom is -0.480 e. The molecule has 0 spiro atoms. The largest absolute Gasteiger partial charge is 0.480 e. The normalized spacial score (nSPS) is 9.68. The van der Waals surface area contributed by atoms with Crippen LogP contribution in [0.15, 0.2) is 6.33 Å². The summed E-state index contributed by atoms with van der Waals surface area (Å²) in [7, 11) is 0. The summed E-state index contributed by atoms with van der Waals surface area (Å²) >= 11 is 0. The molecule has 1 aromatic rings. The third kappa shape index (κ3) is 6.61. The monoisotopic (exact) mass is 270 g/mol. The van der Waals surface area contributed by atoms with E-state index in [0.717, 1.165) is 0 Å². The average Bonchev–Trinajstić information content (AvgIpc) is 2.87. The number of aromatic amines is 1. The second kappa shape index (κ2) is 7.63. The lowest BCUT2D eigenvalue weighted by atomic mass is 10.4. The standard InChI is InChI=1S/C9H14N6O4/c16-7(11-4-8(17)18)3-12-9(19)10-2-1-6-13-5-14-15-6/h5H,1-4H2,(H,11,16)(H,17,18)(H2,10,12,19)(H,13,14,15). The summed E-state index contributed by atoms with van der Waals surface area (Å²) in [4.78, 5) is 36.4. The molecule has 0 aliphatic carbocycles. The van der Waals surface area contributed by atoms with Gasteiger partial charge >= 0.3 is 12.0 Å². The first-order valence-electron chi connectivity index (χ1n) is 5.42. The Kier molecular flexibility index (Phi) is 5.79. The molecule has 104 valence electrons. The van der Waals surface area contributed by atoms with Crippen molar-refractivity contribution >= 4 is 17.9 Å². The molecule has 0 fully saturated rings. The van der Waals surface area contributed by atoms with Crippen molar-refractivity contribution in [3.8, 4) is 0 Å². The molecule has 3 amide bonds. The van der Waals surface area contributed by atoms with Crippen LogP contribution < -0.4 is 16.0 Å². The Labute approximate surface area is 108 Å². The second-order valence-electron chi connectivity index (χ2n) is 3.46. The number of carboxylic acid groups (broad SMARTS) is 1. The van der Waals surface area contributed by atoms with E-state index >= 15 is 0 Å². The molecule has 0 bridgehead atoms. The number of hydrogen-bond donors (Lipinski definition) is 5. The highest BCUT2D eigenvalue weighted by molar-refractivity contribution is 5.86. The Morgan fingerprint density at radius 2 is 2.00 bits per heavy atom. The van der Waals surface area contributed by atoms with Crippen LogP contribution in [0.5, 0.6) is 0 Å². The van der Waals surface area contributed by atoms with Crippen molar-refractivity contribution in [3.05, 3.63) is 12.2 Å². The topological polar surface area (TPSA) is 149 Å². The van der Waals surface area contributed by atoms with Crippen molar-refractivity contribution in [1.82, 2.24) is 31.1 Å². The smallest absolute Gasteiger partial charge is 0.322 e. The van der Waals surface area contributed by atoms with Crippen molar-refractivity contribution < 1.29 is 19.5 Å². The Morgan fingerprint density at radius 1 is 1.21 bits per heavy atom. The highest BCUT2D eigenvalue weighted by Crippen LogP contribution is 1.84. The SMILES string of the molecule is O=C(O)CNC(=O)CNC(=O)NCCc1ncn[nH]1. The quantitative estimate of drug-likeness (QED) is 0.381. The van der Waals surface area contributed by atoms with Gasteiger partial charge < -0.3 is 21.1 Å². The first-order valence-corrected chi connectivity index (χ1v) is 5.42. The maximum Gasteiger partial charge on any atom is 0.322 e. The Balaban J connectivity index is 2.07. The first-order chi connectivity index (χ1) is 9.08. The summed E-state index contributed by atoms with van der Waals surface area (Å²) < 4.78 is 0. The van der Waals surface area contributed by atoms with Gasteiger partial charge in [-0.2, -0.15) is 5.10 Å². The summed E-state index contributed by atoms with van der Waals surface area (Å²) in [5.41, 5.74) is 0. The number of carbonyl (C=O) groups excluding carboxylic acids is 2. The van der Waals surface area contributed by atoms with Crippen LogP contribution in [-0.2, 0) is 16.0 Å². The molecule has 0 aliphatic heterocycles. The van der Waals surface area contributed by atoms with E-state index in [1.807, 2.05) is 0 Å². The highest BCUT2D eigenvalue weighted by Gasteiger charge is 2.06. The third-order valence-electron chi connectivity index (χ3n) is 1.96. The molecule has 19 heavy (non-hydrogen) atoms. The molecule has 0 saturated carbocycles. The molecule has 10 heteroatoms. The predicted molar refractivity (Wildman–Crippen MR) is 62.1 cm³/mol. The van der Waals surface area contributed by atoms with Gasteiger partial charge in [-0.1, -0.05) is 0 Å². The first kappa shape index (κ1) is 14.4. The zero-order valence-electron chi connectivity index (χ0n) is 9.97. The number of amides is 3. The van der Waals surface area contributed by atoms with Crippen LogP contribution in [-0.4, -0.2) is 57.8 Å². The van der Waals surface area contributed by atoms with Gasteiger partial charge in [-0.25, -0.2) is 9.78 Å². The molecule has 0 atom stereocenters. The molecule has 10 nitrogen and oxygen atoms in total. The lowest BCUT2D eigenvalue weighted by molar-refractivity contribution is -0.137. The van der Waals surface area contributed by atoms with Gasteiger partial charge in [-0.15, -0.1) is 0 Å². The lowest BCUT2D eigenvalue weighted by Crippen LogP contribution is -2.43. The molecule has 0 aromatic carbocycles. The number of rotatable bonds is 7. The summed E-state index contributed by atoms with van der Waals surface area (Å²) in [6, 6.07) is -0.523. The molecule has 0 unspecified atom stereocenters. The second-order valence-corrected chi connectivity index (χ2v) is 3.46. The van der Waals surface area contributed by atoms with Gasteiger partial charge in [0.1, 0.15) is 18.7 Å². The summed E-state index contributed by atoms with van der Waals surface area (Å²) in [5.74, 6) is -1.09. The zero-order chi connectivity index (χ0) is 14.1. The van der Waals surface area contributed by atoms with E-state index in [-0.39, 0.29) is 6.54 Å². The van der Waals surface area contributed by atoms with Gasteiger partial charge in [0.2, 0.25) is 5.91 Å². The summed E-state index contributed by atoms with van der Waals surface area (Å²) in [5, 5.41) is 21.5. The molecule has 1 aromatic heterocycles.